The zero-order valence-electron chi connectivity index (χ0n) is 11.6. The van der Waals surface area contributed by atoms with Crippen molar-refractivity contribution in [3.8, 4) is 11.3 Å². The topological polar surface area (TPSA) is 50.7 Å². The highest BCUT2D eigenvalue weighted by Crippen LogP contribution is 2.26. The van der Waals surface area contributed by atoms with Gasteiger partial charge in [0.2, 0.25) is 5.95 Å². The molecule has 1 N–H and O–H groups in total. The Morgan fingerprint density at radius 3 is 2.33 bits per heavy atom. The second kappa shape index (κ2) is 5.57. The highest BCUT2D eigenvalue weighted by molar-refractivity contribution is 7.14. The van der Waals surface area contributed by atoms with Crippen LogP contribution in [0, 0.1) is 19.7 Å². The van der Waals surface area contributed by atoms with E-state index in [0.29, 0.717) is 11.1 Å². The number of nitrogens with zero attached hydrogens (tertiary/aromatic N) is 3. The molecule has 2 heterocycles. The Bertz CT molecular complexity index is 747. The van der Waals surface area contributed by atoms with E-state index < -0.39 is 0 Å². The maximum absolute atomic E-state index is 12.9. The highest BCUT2D eigenvalue weighted by atomic mass is 32.1. The van der Waals surface area contributed by atoms with Gasteiger partial charge >= 0.3 is 0 Å². The van der Waals surface area contributed by atoms with E-state index in [1.165, 1.54) is 23.5 Å². The van der Waals surface area contributed by atoms with Gasteiger partial charge in [-0.2, -0.15) is 0 Å². The Labute approximate surface area is 125 Å². The maximum Gasteiger partial charge on any atom is 0.229 e. The van der Waals surface area contributed by atoms with Crippen LogP contribution in [-0.4, -0.2) is 15.0 Å². The van der Waals surface area contributed by atoms with Gasteiger partial charge in [0.05, 0.1) is 5.69 Å². The van der Waals surface area contributed by atoms with E-state index in [1.54, 1.807) is 12.1 Å². The first kappa shape index (κ1) is 13.6. The lowest BCUT2D eigenvalue weighted by atomic mass is 10.2. The van der Waals surface area contributed by atoms with Crippen LogP contribution in [0.4, 0.5) is 15.5 Å². The summed E-state index contributed by atoms with van der Waals surface area (Å²) in [6.07, 6.45) is 0. The molecule has 0 radical (unpaired) electrons. The van der Waals surface area contributed by atoms with Crippen molar-refractivity contribution in [2.45, 2.75) is 13.8 Å². The molecule has 0 saturated carbocycles. The van der Waals surface area contributed by atoms with Crippen LogP contribution in [0.3, 0.4) is 0 Å². The quantitative estimate of drug-likeness (QED) is 0.791. The molecule has 0 atom stereocenters. The minimum atomic E-state index is -0.254. The predicted molar refractivity (Wildman–Crippen MR) is 82.3 cm³/mol. The van der Waals surface area contributed by atoms with Gasteiger partial charge in [0.1, 0.15) is 5.82 Å². The molecule has 0 aliphatic heterocycles. The Kier molecular flexibility index (Phi) is 3.62. The Balaban J connectivity index is 1.83. The van der Waals surface area contributed by atoms with Crippen molar-refractivity contribution in [1.29, 1.82) is 0 Å². The smallest absolute Gasteiger partial charge is 0.229 e. The molecule has 0 amide bonds. The Morgan fingerprint density at radius 1 is 1.00 bits per heavy atom. The molecule has 3 aromatic rings. The lowest BCUT2D eigenvalue weighted by molar-refractivity contribution is 0.628. The third kappa shape index (κ3) is 3.22. The molecule has 3 rings (SSSR count). The van der Waals surface area contributed by atoms with Crippen molar-refractivity contribution in [3.05, 3.63) is 52.9 Å². The minimum Gasteiger partial charge on any atom is -0.300 e. The van der Waals surface area contributed by atoms with Crippen molar-refractivity contribution in [1.82, 2.24) is 15.0 Å². The first-order valence-electron chi connectivity index (χ1n) is 6.41. The molecule has 6 heteroatoms. The summed E-state index contributed by atoms with van der Waals surface area (Å²) in [4.78, 5) is 13.1. The second-order valence-electron chi connectivity index (χ2n) is 4.64. The van der Waals surface area contributed by atoms with Crippen LogP contribution in [-0.2, 0) is 0 Å². The van der Waals surface area contributed by atoms with Gasteiger partial charge in [0.15, 0.2) is 5.13 Å². The van der Waals surface area contributed by atoms with Crippen molar-refractivity contribution in [2.75, 3.05) is 5.32 Å². The Morgan fingerprint density at radius 2 is 1.67 bits per heavy atom. The monoisotopic (exact) mass is 300 g/mol. The number of anilines is 2. The lowest BCUT2D eigenvalue weighted by Gasteiger charge is -2.03. The van der Waals surface area contributed by atoms with Crippen LogP contribution < -0.4 is 5.32 Å². The van der Waals surface area contributed by atoms with Gasteiger partial charge in [-0.1, -0.05) is 0 Å². The zero-order chi connectivity index (χ0) is 14.8. The van der Waals surface area contributed by atoms with Gasteiger partial charge in [-0.25, -0.2) is 19.3 Å². The van der Waals surface area contributed by atoms with Gasteiger partial charge in [0.25, 0.3) is 0 Å². The number of benzene rings is 1. The van der Waals surface area contributed by atoms with Crippen LogP contribution >= 0.6 is 11.3 Å². The first-order chi connectivity index (χ1) is 10.1. The van der Waals surface area contributed by atoms with Crippen LogP contribution in [0.15, 0.2) is 35.7 Å². The van der Waals surface area contributed by atoms with E-state index in [4.69, 9.17) is 0 Å². The molecule has 4 nitrogen and oxygen atoms in total. The van der Waals surface area contributed by atoms with Crippen LogP contribution in [0.25, 0.3) is 11.3 Å². The van der Waals surface area contributed by atoms with E-state index in [1.807, 2.05) is 25.3 Å². The average molecular weight is 300 g/mol. The van der Waals surface area contributed by atoms with Crippen molar-refractivity contribution in [3.63, 3.8) is 0 Å². The highest BCUT2D eigenvalue weighted by Gasteiger charge is 2.07. The van der Waals surface area contributed by atoms with Crippen molar-refractivity contribution < 1.29 is 4.39 Å². The summed E-state index contributed by atoms with van der Waals surface area (Å²) in [5.74, 6) is 0.281. The van der Waals surface area contributed by atoms with Crippen LogP contribution in [0.1, 0.15) is 11.4 Å². The van der Waals surface area contributed by atoms with Gasteiger partial charge in [-0.05, 0) is 44.2 Å². The number of aromatic nitrogens is 3. The fraction of sp³-hybridized carbons (Fsp3) is 0.133. The van der Waals surface area contributed by atoms with Crippen LogP contribution in [0.5, 0.6) is 0 Å². The van der Waals surface area contributed by atoms with E-state index in [2.05, 4.69) is 20.3 Å². The third-order valence-electron chi connectivity index (χ3n) is 2.85. The van der Waals surface area contributed by atoms with Crippen molar-refractivity contribution in [2.24, 2.45) is 0 Å². The molecule has 0 aliphatic rings. The predicted octanol–water partition coefficient (Wildman–Crippen LogP) is 4.10. The molecule has 106 valence electrons. The molecule has 0 unspecified atom stereocenters. The minimum absolute atomic E-state index is 0.254. The molecule has 0 aliphatic carbocycles. The number of aryl methyl sites for hydroxylation is 2. The van der Waals surface area contributed by atoms with Gasteiger partial charge in [-0.3, -0.25) is 0 Å². The molecular formula is C15H13FN4S. The fourth-order valence-electron chi connectivity index (χ4n) is 1.96. The summed E-state index contributed by atoms with van der Waals surface area (Å²) >= 11 is 1.46. The standard InChI is InChI=1S/C15H13FN4S/c1-9-7-10(2)18-14(17-9)20-15-19-13(8-21-15)11-3-5-12(16)6-4-11/h3-8H,1-2H3,(H,17,18,19,20). The van der Waals surface area contributed by atoms with Gasteiger partial charge in [0, 0.05) is 22.3 Å². The number of halogens is 1. The largest absolute Gasteiger partial charge is 0.300 e. The third-order valence-corrected chi connectivity index (χ3v) is 3.60. The maximum atomic E-state index is 12.9. The zero-order valence-corrected chi connectivity index (χ0v) is 12.4. The van der Waals surface area contributed by atoms with Gasteiger partial charge < -0.3 is 5.32 Å². The molecule has 0 fully saturated rings. The van der Waals surface area contributed by atoms with E-state index in [-0.39, 0.29) is 5.82 Å². The van der Waals surface area contributed by atoms with Crippen LogP contribution in [0.2, 0.25) is 0 Å². The van der Waals surface area contributed by atoms with E-state index in [0.717, 1.165) is 22.6 Å². The molecule has 0 bridgehead atoms. The molecule has 1 aromatic carbocycles. The molecule has 21 heavy (non-hydrogen) atoms. The number of thiazole rings is 1. The second-order valence-corrected chi connectivity index (χ2v) is 5.50. The summed E-state index contributed by atoms with van der Waals surface area (Å²) in [5, 5.41) is 5.72. The molecule has 0 spiro atoms. The molecular weight excluding hydrogens is 287 g/mol. The SMILES string of the molecule is Cc1cc(C)nc(Nc2nc(-c3ccc(F)cc3)cs2)n1. The summed E-state index contributed by atoms with van der Waals surface area (Å²) in [5.41, 5.74) is 3.48. The Hall–Kier alpha value is -2.34. The number of hydrogen-bond acceptors (Lipinski definition) is 5. The molecule has 2 aromatic heterocycles. The summed E-state index contributed by atoms with van der Waals surface area (Å²) < 4.78 is 12.9. The number of rotatable bonds is 3. The average Bonchev–Trinajstić information content (AvgIpc) is 2.87. The first-order valence-corrected chi connectivity index (χ1v) is 7.29. The summed E-state index contributed by atoms with van der Waals surface area (Å²) in [7, 11) is 0. The van der Waals surface area contributed by atoms with E-state index in [9.17, 15) is 4.39 Å². The molecule has 0 saturated heterocycles. The van der Waals surface area contributed by atoms with Crippen molar-refractivity contribution >= 4 is 22.4 Å². The van der Waals surface area contributed by atoms with Gasteiger partial charge in [-0.15, -0.1) is 11.3 Å². The fourth-order valence-corrected chi connectivity index (χ4v) is 2.68. The summed E-state index contributed by atoms with van der Waals surface area (Å²) in [6, 6.07) is 8.18. The number of hydrogen-bond donors (Lipinski definition) is 1. The normalized spacial score (nSPS) is 10.6. The lowest BCUT2D eigenvalue weighted by Crippen LogP contribution is -1.99. The number of nitrogens with one attached hydrogen (secondary N) is 1. The summed E-state index contributed by atoms with van der Waals surface area (Å²) in [6.45, 7) is 3.84. The van der Waals surface area contributed by atoms with E-state index >= 15 is 0 Å².